The third-order valence-electron chi connectivity index (χ3n) is 3.70. The molecule has 1 aromatic rings. The van der Waals surface area contributed by atoms with Crippen molar-refractivity contribution in [1.29, 1.82) is 0 Å². The lowest BCUT2D eigenvalue weighted by molar-refractivity contribution is 0.163. The predicted octanol–water partition coefficient (Wildman–Crippen LogP) is 3.37. The molecule has 0 aromatic heterocycles. The van der Waals surface area contributed by atoms with Gasteiger partial charge in [-0.05, 0) is 24.1 Å². The van der Waals surface area contributed by atoms with Gasteiger partial charge in [0.15, 0.2) is 0 Å². The second-order valence-electron chi connectivity index (χ2n) is 5.04. The van der Waals surface area contributed by atoms with Crippen molar-refractivity contribution in [2.75, 3.05) is 26.2 Å². The number of phenolic OH excluding ortho intramolecular Hbond substituents is 1. The molecule has 0 amide bonds. The third-order valence-corrected chi connectivity index (χ3v) is 3.70. The van der Waals surface area contributed by atoms with E-state index in [-0.39, 0.29) is 24.8 Å². The molecule has 1 fully saturated rings. The molecule has 0 radical (unpaired) electrons. The molecule has 0 spiro atoms. The van der Waals surface area contributed by atoms with Gasteiger partial charge in [0.25, 0.3) is 0 Å². The van der Waals surface area contributed by atoms with Crippen molar-refractivity contribution in [3.05, 3.63) is 29.8 Å². The largest absolute Gasteiger partial charge is 0.508 e. The van der Waals surface area contributed by atoms with E-state index in [1.807, 2.05) is 0 Å². The average Bonchev–Trinajstić information content (AvgIpc) is 2.42. The first-order chi connectivity index (χ1) is 8.81. The van der Waals surface area contributed by atoms with Crippen LogP contribution in [0.1, 0.15) is 37.8 Å². The summed E-state index contributed by atoms with van der Waals surface area (Å²) in [4.78, 5) is 2.57. The van der Waals surface area contributed by atoms with Crippen molar-refractivity contribution in [2.45, 2.75) is 32.2 Å². The Morgan fingerprint density at radius 1 is 1.15 bits per heavy atom. The topological polar surface area (TPSA) is 35.5 Å². The lowest BCUT2D eigenvalue weighted by Crippen LogP contribution is -2.45. The van der Waals surface area contributed by atoms with E-state index in [0.717, 1.165) is 26.2 Å². The molecular formula is C15H26Cl2N2O. The molecule has 1 aliphatic heterocycles. The maximum atomic E-state index is 9.40. The van der Waals surface area contributed by atoms with Crippen LogP contribution < -0.4 is 5.32 Å². The standard InChI is InChI=1S/C15H24N2O.2ClH/c1-2-3-4-15(17-11-9-16-10-12-17)13-5-7-14(18)8-6-13;;/h5-8,15-16,18H,2-4,9-12H2,1H3;2*1H/t15-;;/m1../s1. The molecule has 2 rings (SSSR count). The number of piperazine rings is 1. The minimum atomic E-state index is 0. The zero-order valence-electron chi connectivity index (χ0n) is 12.0. The molecule has 0 saturated carbocycles. The summed E-state index contributed by atoms with van der Waals surface area (Å²) in [7, 11) is 0. The summed E-state index contributed by atoms with van der Waals surface area (Å²) in [5, 5.41) is 12.8. The predicted molar refractivity (Wildman–Crippen MR) is 89.3 cm³/mol. The Kier molecular flexibility index (Phi) is 10.0. The second-order valence-corrected chi connectivity index (χ2v) is 5.04. The SMILES string of the molecule is CCCC[C@H](c1ccc(O)cc1)N1CCNCC1.Cl.Cl. The van der Waals surface area contributed by atoms with Gasteiger partial charge in [0, 0.05) is 32.2 Å². The molecule has 1 aromatic carbocycles. The monoisotopic (exact) mass is 320 g/mol. The Morgan fingerprint density at radius 2 is 1.75 bits per heavy atom. The van der Waals surface area contributed by atoms with Gasteiger partial charge in [0.05, 0.1) is 0 Å². The van der Waals surface area contributed by atoms with Gasteiger partial charge in [-0.2, -0.15) is 0 Å². The number of hydrogen-bond donors (Lipinski definition) is 2. The number of nitrogens with zero attached hydrogens (tertiary/aromatic N) is 1. The van der Waals surface area contributed by atoms with Gasteiger partial charge in [0.1, 0.15) is 5.75 Å². The molecule has 0 aliphatic carbocycles. The number of hydrogen-bond acceptors (Lipinski definition) is 3. The number of unbranched alkanes of at least 4 members (excludes halogenated alkanes) is 1. The zero-order valence-corrected chi connectivity index (χ0v) is 13.7. The van der Waals surface area contributed by atoms with Gasteiger partial charge in [-0.25, -0.2) is 0 Å². The Balaban J connectivity index is 0.00000180. The number of halogens is 2. The summed E-state index contributed by atoms with van der Waals surface area (Å²) in [6.45, 7) is 6.65. The maximum absolute atomic E-state index is 9.40. The van der Waals surface area contributed by atoms with Crippen LogP contribution in [0.2, 0.25) is 0 Å². The quantitative estimate of drug-likeness (QED) is 0.873. The van der Waals surface area contributed by atoms with E-state index in [1.54, 1.807) is 12.1 Å². The van der Waals surface area contributed by atoms with E-state index >= 15 is 0 Å². The van der Waals surface area contributed by atoms with Crippen LogP contribution in [0.5, 0.6) is 5.75 Å². The zero-order chi connectivity index (χ0) is 12.8. The molecule has 0 bridgehead atoms. The first-order valence-corrected chi connectivity index (χ1v) is 7.05. The van der Waals surface area contributed by atoms with Gasteiger partial charge in [0.2, 0.25) is 0 Å². The van der Waals surface area contributed by atoms with Crippen molar-refractivity contribution in [3.63, 3.8) is 0 Å². The Bertz CT molecular complexity index is 353. The van der Waals surface area contributed by atoms with Gasteiger partial charge >= 0.3 is 0 Å². The second kappa shape index (κ2) is 10.3. The normalized spacial score (nSPS) is 16.9. The fourth-order valence-corrected chi connectivity index (χ4v) is 2.65. The molecule has 0 unspecified atom stereocenters. The Morgan fingerprint density at radius 3 is 2.30 bits per heavy atom. The number of rotatable bonds is 5. The molecular weight excluding hydrogens is 295 g/mol. The smallest absolute Gasteiger partial charge is 0.115 e. The maximum Gasteiger partial charge on any atom is 0.115 e. The number of benzene rings is 1. The highest BCUT2D eigenvalue weighted by Gasteiger charge is 2.21. The highest BCUT2D eigenvalue weighted by molar-refractivity contribution is 5.85. The Hall–Kier alpha value is -0.480. The molecule has 1 heterocycles. The summed E-state index contributed by atoms with van der Waals surface area (Å²) < 4.78 is 0. The number of nitrogens with one attached hydrogen (secondary N) is 1. The highest BCUT2D eigenvalue weighted by Crippen LogP contribution is 2.27. The minimum Gasteiger partial charge on any atom is -0.508 e. The van der Waals surface area contributed by atoms with E-state index in [2.05, 4.69) is 29.3 Å². The van der Waals surface area contributed by atoms with Crippen LogP contribution in [-0.2, 0) is 0 Å². The van der Waals surface area contributed by atoms with Crippen LogP contribution in [0.3, 0.4) is 0 Å². The van der Waals surface area contributed by atoms with E-state index < -0.39 is 0 Å². The minimum absolute atomic E-state index is 0. The summed E-state index contributed by atoms with van der Waals surface area (Å²) >= 11 is 0. The molecule has 2 N–H and O–H groups in total. The third kappa shape index (κ3) is 5.49. The van der Waals surface area contributed by atoms with Crippen LogP contribution in [0.15, 0.2) is 24.3 Å². The highest BCUT2D eigenvalue weighted by atomic mass is 35.5. The molecule has 116 valence electrons. The summed E-state index contributed by atoms with van der Waals surface area (Å²) in [6.07, 6.45) is 3.71. The molecule has 20 heavy (non-hydrogen) atoms. The van der Waals surface area contributed by atoms with Crippen LogP contribution in [0.25, 0.3) is 0 Å². The number of aromatic hydroxyl groups is 1. The Labute approximate surface area is 134 Å². The summed E-state index contributed by atoms with van der Waals surface area (Å²) in [5.41, 5.74) is 1.34. The lowest BCUT2D eigenvalue weighted by atomic mass is 9.98. The molecule has 1 atom stereocenters. The van der Waals surface area contributed by atoms with Crippen molar-refractivity contribution < 1.29 is 5.11 Å². The van der Waals surface area contributed by atoms with Crippen LogP contribution in [0.4, 0.5) is 0 Å². The van der Waals surface area contributed by atoms with Crippen molar-refractivity contribution >= 4 is 24.8 Å². The first kappa shape index (κ1) is 19.5. The lowest BCUT2D eigenvalue weighted by Gasteiger charge is -2.35. The van der Waals surface area contributed by atoms with Gasteiger partial charge in [-0.1, -0.05) is 31.9 Å². The summed E-state index contributed by atoms with van der Waals surface area (Å²) in [5.74, 6) is 0.355. The molecule has 1 saturated heterocycles. The fourth-order valence-electron chi connectivity index (χ4n) is 2.65. The molecule has 3 nitrogen and oxygen atoms in total. The molecule has 5 heteroatoms. The van der Waals surface area contributed by atoms with E-state index in [0.29, 0.717) is 11.8 Å². The van der Waals surface area contributed by atoms with Gasteiger partial charge in [-0.3, -0.25) is 4.90 Å². The van der Waals surface area contributed by atoms with Crippen LogP contribution in [0, 0.1) is 0 Å². The van der Waals surface area contributed by atoms with E-state index in [4.69, 9.17) is 0 Å². The van der Waals surface area contributed by atoms with Gasteiger partial charge in [-0.15, -0.1) is 24.8 Å². The van der Waals surface area contributed by atoms with Crippen LogP contribution in [-0.4, -0.2) is 36.2 Å². The van der Waals surface area contributed by atoms with Crippen molar-refractivity contribution in [3.8, 4) is 5.75 Å². The van der Waals surface area contributed by atoms with Crippen molar-refractivity contribution in [2.24, 2.45) is 0 Å². The average molecular weight is 321 g/mol. The fraction of sp³-hybridized carbons (Fsp3) is 0.600. The van der Waals surface area contributed by atoms with Crippen LogP contribution >= 0.6 is 24.8 Å². The van der Waals surface area contributed by atoms with E-state index in [9.17, 15) is 5.11 Å². The number of phenols is 1. The van der Waals surface area contributed by atoms with E-state index in [1.165, 1.54) is 24.8 Å². The first-order valence-electron chi connectivity index (χ1n) is 7.05. The molecule has 1 aliphatic rings. The van der Waals surface area contributed by atoms with Crippen molar-refractivity contribution in [1.82, 2.24) is 10.2 Å². The van der Waals surface area contributed by atoms with Gasteiger partial charge < -0.3 is 10.4 Å². The summed E-state index contributed by atoms with van der Waals surface area (Å²) in [6, 6.07) is 8.25.